The third-order valence-corrected chi connectivity index (χ3v) is 12.8. The Morgan fingerprint density at radius 2 is 0.935 bits per heavy atom. The van der Waals surface area contributed by atoms with Crippen molar-refractivity contribution in [1.82, 2.24) is 5.32 Å². The molecule has 0 saturated carbocycles. The van der Waals surface area contributed by atoms with E-state index in [1.807, 2.05) is 21.1 Å². The summed E-state index contributed by atoms with van der Waals surface area (Å²) in [6.07, 6.45) is 56.7. The van der Waals surface area contributed by atoms with Gasteiger partial charge in [0.25, 0.3) is 7.82 Å². The van der Waals surface area contributed by atoms with Crippen molar-refractivity contribution in [1.29, 1.82) is 0 Å². The zero-order valence-corrected chi connectivity index (χ0v) is 42.5. The first kappa shape index (κ1) is 60.7. The van der Waals surface area contributed by atoms with Gasteiger partial charge < -0.3 is 28.8 Å². The van der Waals surface area contributed by atoms with E-state index in [0.29, 0.717) is 23.9 Å². The molecule has 3 atom stereocenters. The fraction of sp³-hybridized carbons (Fsp3) is 0.868. The van der Waals surface area contributed by atoms with E-state index < -0.39 is 20.0 Å². The molecular formula is C53H103N2O6P. The molecule has 0 heterocycles. The second kappa shape index (κ2) is 44.9. The predicted octanol–water partition coefficient (Wildman–Crippen LogP) is 14.8. The van der Waals surface area contributed by atoms with Crippen LogP contribution in [0.2, 0.25) is 0 Å². The molecule has 0 aliphatic rings. The Kier molecular flexibility index (Phi) is 44.0. The first-order chi connectivity index (χ1) is 30.0. The highest BCUT2D eigenvalue weighted by Gasteiger charge is 2.24. The average molecular weight is 895 g/mol. The van der Waals surface area contributed by atoms with Crippen LogP contribution >= 0.6 is 7.82 Å². The van der Waals surface area contributed by atoms with Crippen molar-refractivity contribution in [3.63, 3.8) is 0 Å². The van der Waals surface area contributed by atoms with E-state index >= 15 is 0 Å². The van der Waals surface area contributed by atoms with E-state index in [4.69, 9.17) is 9.05 Å². The standard InChI is InChI=1S/C53H103N2O6P/c1-6-8-10-12-13-14-15-16-17-18-19-20-21-22-23-24-25-26-27-28-29-30-31-32-33-34-35-36-37-38-39-40-41-43-45-47-53(57)54-51(52(56)46-44-42-11-9-7-2)50-61-62(58,59)60-49-48-55(3,4)5/h15-16,18-19,21-22,51-52,56H,6-14,17,20,23-50H2,1-5H3,(H-,54,57,58,59)/b16-15-,19-18-,22-21-. The highest BCUT2D eigenvalue weighted by Crippen LogP contribution is 2.38. The Labute approximate surface area is 385 Å². The van der Waals surface area contributed by atoms with Gasteiger partial charge in [0, 0.05) is 6.42 Å². The van der Waals surface area contributed by atoms with Gasteiger partial charge in [0.15, 0.2) is 0 Å². The van der Waals surface area contributed by atoms with Crippen LogP contribution in [0.15, 0.2) is 36.5 Å². The number of aliphatic hydroxyl groups is 1. The molecule has 0 saturated heterocycles. The highest BCUT2D eigenvalue weighted by molar-refractivity contribution is 7.45. The van der Waals surface area contributed by atoms with Gasteiger partial charge in [0.2, 0.25) is 5.91 Å². The van der Waals surface area contributed by atoms with E-state index in [0.717, 1.165) is 64.2 Å². The summed E-state index contributed by atoms with van der Waals surface area (Å²) in [4.78, 5) is 25.2. The van der Waals surface area contributed by atoms with Crippen LogP contribution in [0.5, 0.6) is 0 Å². The molecular weight excluding hydrogens is 792 g/mol. The maximum atomic E-state index is 12.8. The highest BCUT2D eigenvalue weighted by atomic mass is 31.2. The van der Waals surface area contributed by atoms with Crippen LogP contribution in [0.4, 0.5) is 0 Å². The number of hydrogen-bond donors (Lipinski definition) is 2. The van der Waals surface area contributed by atoms with Crippen molar-refractivity contribution >= 4 is 13.7 Å². The Morgan fingerprint density at radius 3 is 1.35 bits per heavy atom. The van der Waals surface area contributed by atoms with Gasteiger partial charge in [-0.25, -0.2) is 0 Å². The van der Waals surface area contributed by atoms with E-state index in [1.165, 1.54) is 154 Å². The number of carbonyl (C=O) groups excluding carboxylic acids is 1. The van der Waals surface area contributed by atoms with E-state index in [1.54, 1.807) is 0 Å². The molecule has 9 heteroatoms. The van der Waals surface area contributed by atoms with Gasteiger partial charge in [-0.3, -0.25) is 9.36 Å². The number of allylic oxidation sites excluding steroid dienone is 6. The molecule has 3 unspecified atom stereocenters. The predicted molar refractivity (Wildman–Crippen MR) is 265 cm³/mol. The van der Waals surface area contributed by atoms with Crippen LogP contribution in [-0.4, -0.2) is 68.5 Å². The molecule has 0 aromatic rings. The van der Waals surface area contributed by atoms with Crippen molar-refractivity contribution in [2.75, 3.05) is 40.9 Å². The molecule has 0 aromatic carbocycles. The van der Waals surface area contributed by atoms with Crippen molar-refractivity contribution in [3.05, 3.63) is 36.5 Å². The number of rotatable bonds is 48. The Bertz CT molecular complexity index is 1110. The fourth-order valence-corrected chi connectivity index (χ4v) is 8.42. The molecule has 0 radical (unpaired) electrons. The number of unbranched alkanes of at least 4 members (excludes halogenated alkanes) is 29. The second-order valence-corrected chi connectivity index (χ2v) is 20.6. The second-order valence-electron chi connectivity index (χ2n) is 19.2. The summed E-state index contributed by atoms with van der Waals surface area (Å²) in [5.74, 6) is -0.169. The van der Waals surface area contributed by atoms with Crippen LogP contribution in [0.1, 0.15) is 245 Å². The van der Waals surface area contributed by atoms with Gasteiger partial charge in [-0.05, 0) is 51.4 Å². The molecule has 0 fully saturated rings. The average Bonchev–Trinajstić information content (AvgIpc) is 3.23. The van der Waals surface area contributed by atoms with E-state index in [9.17, 15) is 19.4 Å². The normalized spacial score (nSPS) is 14.4. The molecule has 62 heavy (non-hydrogen) atoms. The van der Waals surface area contributed by atoms with Crippen LogP contribution in [-0.2, 0) is 18.4 Å². The Balaban J connectivity index is 3.76. The lowest BCUT2D eigenvalue weighted by Crippen LogP contribution is -2.46. The Hall–Kier alpha value is -1.28. The summed E-state index contributed by atoms with van der Waals surface area (Å²) < 4.78 is 23.1. The number of hydrogen-bond acceptors (Lipinski definition) is 6. The molecule has 0 aliphatic heterocycles. The number of amides is 1. The molecule has 0 rings (SSSR count). The molecule has 2 N–H and O–H groups in total. The van der Waals surface area contributed by atoms with Gasteiger partial charge in [0.05, 0.1) is 39.9 Å². The van der Waals surface area contributed by atoms with Gasteiger partial charge in [0.1, 0.15) is 13.2 Å². The smallest absolute Gasteiger partial charge is 0.268 e. The number of likely N-dealkylation sites (N-methyl/N-ethyl adjacent to an activating group) is 1. The van der Waals surface area contributed by atoms with Crippen molar-refractivity contribution < 1.29 is 32.9 Å². The molecule has 0 spiro atoms. The molecule has 8 nitrogen and oxygen atoms in total. The fourth-order valence-electron chi connectivity index (χ4n) is 7.69. The van der Waals surface area contributed by atoms with Crippen molar-refractivity contribution in [2.45, 2.75) is 257 Å². The molecule has 366 valence electrons. The summed E-state index contributed by atoms with van der Waals surface area (Å²) in [6, 6.07) is -0.794. The lowest BCUT2D eigenvalue weighted by Gasteiger charge is -2.30. The summed E-state index contributed by atoms with van der Waals surface area (Å²) in [7, 11) is 1.30. The number of phosphoric ester groups is 1. The van der Waals surface area contributed by atoms with Gasteiger partial charge in [-0.2, -0.15) is 0 Å². The van der Waals surface area contributed by atoms with Gasteiger partial charge in [-0.15, -0.1) is 0 Å². The Morgan fingerprint density at radius 1 is 0.565 bits per heavy atom. The zero-order valence-electron chi connectivity index (χ0n) is 41.6. The van der Waals surface area contributed by atoms with Gasteiger partial charge >= 0.3 is 0 Å². The number of carbonyl (C=O) groups is 1. The van der Waals surface area contributed by atoms with Crippen LogP contribution in [0, 0.1) is 0 Å². The summed E-state index contributed by atoms with van der Waals surface area (Å²) in [5, 5.41) is 13.7. The third kappa shape index (κ3) is 46.7. The topological polar surface area (TPSA) is 108 Å². The number of aliphatic hydroxyl groups excluding tert-OH is 1. The minimum Gasteiger partial charge on any atom is -0.756 e. The quantitative estimate of drug-likeness (QED) is 0.0273. The van der Waals surface area contributed by atoms with Crippen LogP contribution < -0.4 is 10.2 Å². The zero-order chi connectivity index (χ0) is 45.7. The molecule has 0 bridgehead atoms. The molecule has 1 amide bonds. The number of nitrogens with one attached hydrogen (secondary N) is 1. The SMILES string of the molecule is CCCCCCC/C=C\C/C=C\C/C=C\CCCCCCCCCCCCCCCCCCCCCCC(=O)NC(COP(=O)([O-])OCC[N+](C)(C)C)C(O)CCCCCCC. The third-order valence-electron chi connectivity index (χ3n) is 11.9. The number of quaternary nitrogens is 1. The summed E-state index contributed by atoms with van der Waals surface area (Å²) in [5.41, 5.74) is 0. The van der Waals surface area contributed by atoms with Crippen LogP contribution in [0.3, 0.4) is 0 Å². The minimum absolute atomic E-state index is 0.0124. The van der Waals surface area contributed by atoms with Crippen molar-refractivity contribution in [3.8, 4) is 0 Å². The van der Waals surface area contributed by atoms with Crippen LogP contribution in [0.25, 0.3) is 0 Å². The lowest BCUT2D eigenvalue weighted by molar-refractivity contribution is -0.870. The number of nitrogens with zero attached hydrogens (tertiary/aromatic N) is 1. The maximum Gasteiger partial charge on any atom is 0.268 e. The maximum absolute atomic E-state index is 12.8. The van der Waals surface area contributed by atoms with E-state index in [2.05, 4.69) is 55.6 Å². The largest absolute Gasteiger partial charge is 0.756 e. The van der Waals surface area contributed by atoms with Crippen molar-refractivity contribution in [2.24, 2.45) is 0 Å². The lowest BCUT2D eigenvalue weighted by atomic mass is 10.0. The van der Waals surface area contributed by atoms with Gasteiger partial charge in [-0.1, -0.05) is 224 Å². The molecule has 0 aliphatic carbocycles. The first-order valence-electron chi connectivity index (χ1n) is 26.3. The van der Waals surface area contributed by atoms with E-state index in [-0.39, 0.29) is 19.1 Å². The number of phosphoric acid groups is 1. The summed E-state index contributed by atoms with van der Waals surface area (Å²) >= 11 is 0. The summed E-state index contributed by atoms with van der Waals surface area (Å²) in [6.45, 7) is 4.62. The minimum atomic E-state index is -4.55. The monoisotopic (exact) mass is 895 g/mol. The first-order valence-corrected chi connectivity index (χ1v) is 27.8. The molecule has 0 aromatic heterocycles.